The summed E-state index contributed by atoms with van der Waals surface area (Å²) in [6.07, 6.45) is 0. The highest BCUT2D eigenvalue weighted by Gasteiger charge is 2.19. The first-order valence-electron chi connectivity index (χ1n) is 5.59. The number of rotatable bonds is 5. The van der Waals surface area contributed by atoms with Gasteiger partial charge in [0.1, 0.15) is 5.01 Å². The van der Waals surface area contributed by atoms with E-state index in [0.717, 1.165) is 17.2 Å². The molecular formula is C12H22N2OS. The molecule has 1 heterocycles. The Morgan fingerprint density at radius 2 is 2.19 bits per heavy atom. The molecule has 0 saturated heterocycles. The molecule has 0 aromatic carbocycles. The summed E-state index contributed by atoms with van der Waals surface area (Å²) in [5, 5.41) is 6.64. The number of methoxy groups -OCH3 is 1. The molecule has 0 aliphatic heterocycles. The van der Waals surface area contributed by atoms with Crippen LogP contribution in [0.25, 0.3) is 0 Å². The van der Waals surface area contributed by atoms with E-state index in [4.69, 9.17) is 4.74 Å². The van der Waals surface area contributed by atoms with Crippen molar-refractivity contribution in [2.24, 2.45) is 5.41 Å². The second kappa shape index (κ2) is 5.75. The lowest BCUT2D eigenvalue weighted by atomic mass is 9.88. The van der Waals surface area contributed by atoms with E-state index in [1.807, 2.05) is 0 Å². The van der Waals surface area contributed by atoms with E-state index in [9.17, 15) is 0 Å². The van der Waals surface area contributed by atoms with Crippen molar-refractivity contribution >= 4 is 11.3 Å². The molecule has 16 heavy (non-hydrogen) atoms. The van der Waals surface area contributed by atoms with Crippen LogP contribution in [0.1, 0.15) is 38.4 Å². The lowest BCUT2D eigenvalue weighted by Gasteiger charge is -2.27. The number of thiazole rings is 1. The van der Waals surface area contributed by atoms with Crippen molar-refractivity contribution in [1.82, 2.24) is 10.3 Å². The molecule has 0 spiro atoms. The molecule has 4 heteroatoms. The zero-order chi connectivity index (χ0) is 12.2. The molecule has 1 aromatic rings. The molecule has 1 rings (SSSR count). The third kappa shape index (κ3) is 4.20. The quantitative estimate of drug-likeness (QED) is 0.862. The topological polar surface area (TPSA) is 34.1 Å². The zero-order valence-electron chi connectivity index (χ0n) is 10.8. The maximum atomic E-state index is 5.05. The van der Waals surface area contributed by atoms with Crippen molar-refractivity contribution in [3.05, 3.63) is 16.1 Å². The minimum Gasteiger partial charge on any atom is -0.378 e. The molecule has 0 aliphatic rings. The lowest BCUT2D eigenvalue weighted by molar-refractivity contribution is 0.184. The third-order valence-corrected chi connectivity index (χ3v) is 3.63. The fraction of sp³-hybridized carbons (Fsp3) is 0.750. The Morgan fingerprint density at radius 1 is 1.50 bits per heavy atom. The molecule has 0 bridgehead atoms. The summed E-state index contributed by atoms with van der Waals surface area (Å²) in [4.78, 5) is 4.49. The summed E-state index contributed by atoms with van der Waals surface area (Å²) in [6.45, 7) is 10.4. The summed E-state index contributed by atoms with van der Waals surface area (Å²) in [5.41, 5.74) is 1.39. The normalized spacial score (nSPS) is 14.1. The molecule has 1 atom stereocenters. The number of nitrogens with zero attached hydrogens (tertiary/aromatic N) is 1. The predicted octanol–water partition coefficient (Wildman–Crippen LogP) is 2.81. The number of nitrogens with one attached hydrogen (secondary N) is 1. The number of hydrogen-bond donors (Lipinski definition) is 1. The SMILES string of the molecule is COCc1nc(CNC(C)C(C)(C)C)cs1. The highest BCUT2D eigenvalue weighted by molar-refractivity contribution is 7.09. The number of hydrogen-bond acceptors (Lipinski definition) is 4. The molecule has 0 radical (unpaired) electrons. The number of ether oxygens (including phenoxy) is 1. The first-order valence-corrected chi connectivity index (χ1v) is 6.47. The third-order valence-electron chi connectivity index (χ3n) is 2.76. The van der Waals surface area contributed by atoms with Crippen LogP contribution in [0, 0.1) is 5.41 Å². The Kier molecular flexibility index (Phi) is 4.89. The van der Waals surface area contributed by atoms with Crippen molar-refractivity contribution in [3.63, 3.8) is 0 Å². The van der Waals surface area contributed by atoms with Gasteiger partial charge in [-0.3, -0.25) is 0 Å². The summed E-state index contributed by atoms with van der Waals surface area (Å²) in [5.74, 6) is 0. The maximum absolute atomic E-state index is 5.05. The van der Waals surface area contributed by atoms with Gasteiger partial charge in [-0.2, -0.15) is 0 Å². The standard InChI is InChI=1S/C12H22N2OS/c1-9(12(2,3)4)13-6-10-8-16-11(14-10)7-15-5/h8-9,13H,6-7H2,1-5H3. The van der Waals surface area contributed by atoms with Gasteiger partial charge < -0.3 is 10.1 Å². The molecule has 1 N–H and O–H groups in total. The van der Waals surface area contributed by atoms with E-state index < -0.39 is 0 Å². The van der Waals surface area contributed by atoms with Crippen molar-refractivity contribution < 1.29 is 4.74 Å². The molecule has 1 unspecified atom stereocenters. The van der Waals surface area contributed by atoms with E-state index in [2.05, 4.69) is 43.4 Å². The van der Waals surface area contributed by atoms with Crippen LogP contribution >= 0.6 is 11.3 Å². The zero-order valence-corrected chi connectivity index (χ0v) is 11.6. The molecule has 1 aromatic heterocycles. The monoisotopic (exact) mass is 242 g/mol. The molecule has 0 fully saturated rings. The molecule has 3 nitrogen and oxygen atoms in total. The van der Waals surface area contributed by atoms with Gasteiger partial charge in [0, 0.05) is 25.1 Å². The van der Waals surface area contributed by atoms with Crippen molar-refractivity contribution in [2.45, 2.75) is 46.9 Å². The van der Waals surface area contributed by atoms with Gasteiger partial charge in [-0.1, -0.05) is 20.8 Å². The van der Waals surface area contributed by atoms with Crippen LogP contribution in [-0.4, -0.2) is 18.1 Å². The van der Waals surface area contributed by atoms with Gasteiger partial charge in [-0.25, -0.2) is 4.98 Å². The Balaban J connectivity index is 2.42. The van der Waals surface area contributed by atoms with Gasteiger partial charge in [0.15, 0.2) is 0 Å². The first-order chi connectivity index (χ1) is 7.43. The highest BCUT2D eigenvalue weighted by atomic mass is 32.1. The lowest BCUT2D eigenvalue weighted by Crippen LogP contribution is -2.37. The van der Waals surface area contributed by atoms with Crippen LogP contribution in [0.15, 0.2) is 5.38 Å². The average molecular weight is 242 g/mol. The summed E-state index contributed by atoms with van der Waals surface area (Å²) in [6, 6.07) is 0.472. The molecule has 92 valence electrons. The summed E-state index contributed by atoms with van der Waals surface area (Å²) in [7, 11) is 1.70. The van der Waals surface area contributed by atoms with Crippen molar-refractivity contribution in [2.75, 3.05) is 7.11 Å². The minimum absolute atomic E-state index is 0.283. The van der Waals surface area contributed by atoms with Crippen molar-refractivity contribution in [1.29, 1.82) is 0 Å². The molecule has 0 saturated carbocycles. The summed E-state index contributed by atoms with van der Waals surface area (Å²) >= 11 is 1.66. The van der Waals surface area contributed by atoms with E-state index in [0.29, 0.717) is 12.6 Å². The maximum Gasteiger partial charge on any atom is 0.119 e. The fourth-order valence-electron chi connectivity index (χ4n) is 1.18. The van der Waals surface area contributed by atoms with Gasteiger partial charge in [0.25, 0.3) is 0 Å². The van der Waals surface area contributed by atoms with Crippen LogP contribution in [0.5, 0.6) is 0 Å². The van der Waals surface area contributed by atoms with Gasteiger partial charge >= 0.3 is 0 Å². The largest absolute Gasteiger partial charge is 0.378 e. The molecule has 0 aliphatic carbocycles. The molecule has 0 amide bonds. The van der Waals surface area contributed by atoms with Crippen LogP contribution in [0.2, 0.25) is 0 Å². The smallest absolute Gasteiger partial charge is 0.119 e. The van der Waals surface area contributed by atoms with Gasteiger partial charge in [-0.05, 0) is 12.3 Å². The second-order valence-corrected chi connectivity index (χ2v) is 6.08. The Hall–Kier alpha value is -0.450. The Labute approximate surface area is 102 Å². The molecular weight excluding hydrogens is 220 g/mol. The predicted molar refractivity (Wildman–Crippen MR) is 68.6 cm³/mol. The second-order valence-electron chi connectivity index (χ2n) is 5.13. The minimum atomic E-state index is 0.283. The van der Waals surface area contributed by atoms with E-state index >= 15 is 0 Å². The van der Waals surface area contributed by atoms with Crippen molar-refractivity contribution in [3.8, 4) is 0 Å². The van der Waals surface area contributed by atoms with Gasteiger partial charge in [0.05, 0.1) is 12.3 Å². The fourth-order valence-corrected chi connectivity index (χ4v) is 1.95. The first kappa shape index (κ1) is 13.6. The Bertz CT molecular complexity index is 317. The van der Waals surface area contributed by atoms with Crippen LogP contribution in [0.3, 0.4) is 0 Å². The van der Waals surface area contributed by atoms with Gasteiger partial charge in [-0.15, -0.1) is 11.3 Å². The highest BCUT2D eigenvalue weighted by Crippen LogP contribution is 2.19. The number of aromatic nitrogens is 1. The summed E-state index contributed by atoms with van der Waals surface area (Å²) < 4.78 is 5.05. The Morgan fingerprint density at radius 3 is 2.75 bits per heavy atom. The average Bonchev–Trinajstić information content (AvgIpc) is 2.61. The van der Waals surface area contributed by atoms with Crippen LogP contribution < -0.4 is 5.32 Å². The van der Waals surface area contributed by atoms with E-state index in [-0.39, 0.29) is 5.41 Å². The van der Waals surface area contributed by atoms with Crippen LogP contribution in [0.4, 0.5) is 0 Å². The van der Waals surface area contributed by atoms with E-state index in [1.54, 1.807) is 18.4 Å². The van der Waals surface area contributed by atoms with E-state index in [1.165, 1.54) is 0 Å². The van der Waals surface area contributed by atoms with Gasteiger partial charge in [0.2, 0.25) is 0 Å². The van der Waals surface area contributed by atoms with Crippen LogP contribution in [-0.2, 0) is 17.9 Å².